The lowest BCUT2D eigenvalue weighted by Crippen LogP contribution is -2.32. The average Bonchev–Trinajstić information content (AvgIpc) is 3.22. The van der Waals surface area contributed by atoms with Crippen molar-refractivity contribution >= 4 is 5.97 Å². The van der Waals surface area contributed by atoms with Crippen molar-refractivity contribution in [1.82, 2.24) is 0 Å². The van der Waals surface area contributed by atoms with Gasteiger partial charge in [-0.15, -0.1) is 0 Å². The van der Waals surface area contributed by atoms with Crippen molar-refractivity contribution in [2.45, 2.75) is 69.6 Å². The third-order valence-electron chi connectivity index (χ3n) is 6.11. The lowest BCUT2D eigenvalue weighted by atomic mass is 9.87. The molecule has 6 heteroatoms. The maximum absolute atomic E-state index is 14.5. The van der Waals surface area contributed by atoms with Gasteiger partial charge in [-0.1, -0.05) is 18.2 Å². The molecule has 6 atom stereocenters. The van der Waals surface area contributed by atoms with E-state index in [1.165, 1.54) is 0 Å². The highest BCUT2D eigenvalue weighted by Crippen LogP contribution is 2.45. The second-order valence-corrected chi connectivity index (χ2v) is 8.07. The molecule has 2 aliphatic heterocycles. The monoisotopic (exact) mass is 392 g/mol. The first-order valence-corrected chi connectivity index (χ1v) is 10.5. The number of carbonyl (C=O) groups is 1. The highest BCUT2D eigenvalue weighted by molar-refractivity contribution is 5.72. The first kappa shape index (κ1) is 19.6. The van der Waals surface area contributed by atoms with Crippen LogP contribution in [-0.2, 0) is 19.0 Å². The Kier molecular flexibility index (Phi) is 6.47. The van der Waals surface area contributed by atoms with Gasteiger partial charge in [-0.05, 0) is 50.2 Å². The van der Waals surface area contributed by atoms with Gasteiger partial charge in [0.25, 0.3) is 0 Å². The number of hydrogen-bond donors (Lipinski definition) is 0. The fraction of sp³-hybridized carbons (Fsp3) is 0.682. The van der Waals surface area contributed by atoms with E-state index in [4.69, 9.17) is 18.9 Å². The molecule has 28 heavy (non-hydrogen) atoms. The van der Waals surface area contributed by atoms with Gasteiger partial charge in [0.15, 0.2) is 6.29 Å². The van der Waals surface area contributed by atoms with Crippen LogP contribution in [-0.4, -0.2) is 43.9 Å². The zero-order valence-electron chi connectivity index (χ0n) is 16.1. The van der Waals surface area contributed by atoms with Crippen molar-refractivity contribution < 1.29 is 28.1 Å². The molecule has 0 N–H and O–H groups in total. The normalized spacial score (nSPS) is 33.3. The summed E-state index contributed by atoms with van der Waals surface area (Å²) in [5.74, 6) is 0.786. The van der Waals surface area contributed by atoms with Crippen molar-refractivity contribution in [3.63, 3.8) is 0 Å². The Balaban J connectivity index is 1.30. The number of alkyl halides is 1. The van der Waals surface area contributed by atoms with Crippen LogP contribution in [0.15, 0.2) is 30.3 Å². The van der Waals surface area contributed by atoms with Gasteiger partial charge >= 0.3 is 5.97 Å². The Hall–Kier alpha value is -1.66. The molecule has 1 aliphatic carbocycles. The smallest absolute Gasteiger partial charge is 0.306 e. The highest BCUT2D eigenvalue weighted by Gasteiger charge is 2.51. The molecule has 3 fully saturated rings. The molecule has 154 valence electrons. The van der Waals surface area contributed by atoms with E-state index in [-0.39, 0.29) is 42.9 Å². The summed E-state index contributed by atoms with van der Waals surface area (Å²) in [6.07, 6.45) is 3.87. The molecule has 1 unspecified atom stereocenters. The molecule has 1 aromatic carbocycles. The predicted molar refractivity (Wildman–Crippen MR) is 101 cm³/mol. The largest absolute Gasteiger partial charge is 0.491 e. The maximum Gasteiger partial charge on any atom is 0.306 e. The van der Waals surface area contributed by atoms with Gasteiger partial charge in [0, 0.05) is 18.9 Å². The Bertz CT molecular complexity index is 633. The van der Waals surface area contributed by atoms with Crippen LogP contribution in [0.2, 0.25) is 0 Å². The Labute approximate surface area is 165 Å². The Morgan fingerprint density at radius 2 is 2.07 bits per heavy atom. The van der Waals surface area contributed by atoms with Gasteiger partial charge in [0.05, 0.1) is 12.5 Å². The topological polar surface area (TPSA) is 54.0 Å². The highest BCUT2D eigenvalue weighted by atomic mass is 19.1. The van der Waals surface area contributed by atoms with Gasteiger partial charge < -0.3 is 18.9 Å². The molecule has 1 aromatic rings. The molecule has 2 saturated heterocycles. The minimum absolute atomic E-state index is 0.0339. The van der Waals surface area contributed by atoms with Crippen molar-refractivity contribution in [3.05, 3.63) is 30.3 Å². The van der Waals surface area contributed by atoms with Crippen LogP contribution >= 0.6 is 0 Å². The van der Waals surface area contributed by atoms with Gasteiger partial charge in [-0.25, -0.2) is 4.39 Å². The van der Waals surface area contributed by atoms with E-state index in [0.29, 0.717) is 31.4 Å². The SMILES string of the molecule is O=C1C[C@@H]2[C@@H](CC[C@H](F)COc3ccccc3)[C@H](OC3CCCCO3)C[C@@H]2O1. The van der Waals surface area contributed by atoms with Crippen LogP contribution in [0.25, 0.3) is 0 Å². The number of ether oxygens (including phenoxy) is 4. The van der Waals surface area contributed by atoms with Crippen LogP contribution in [0.1, 0.15) is 44.9 Å². The zero-order chi connectivity index (χ0) is 19.3. The average molecular weight is 392 g/mol. The summed E-state index contributed by atoms with van der Waals surface area (Å²) in [5, 5.41) is 0. The third-order valence-corrected chi connectivity index (χ3v) is 6.11. The molecule has 0 bridgehead atoms. The number of rotatable bonds is 8. The molecule has 0 spiro atoms. The van der Waals surface area contributed by atoms with Crippen LogP contribution in [0.5, 0.6) is 5.75 Å². The number of fused-ring (bicyclic) bond motifs is 1. The number of hydrogen-bond acceptors (Lipinski definition) is 5. The molecular weight excluding hydrogens is 363 g/mol. The second kappa shape index (κ2) is 9.23. The zero-order valence-corrected chi connectivity index (χ0v) is 16.1. The van der Waals surface area contributed by atoms with Crippen molar-refractivity contribution in [2.75, 3.05) is 13.2 Å². The summed E-state index contributed by atoms with van der Waals surface area (Å²) in [4.78, 5) is 11.7. The Morgan fingerprint density at radius 1 is 1.21 bits per heavy atom. The number of benzene rings is 1. The number of carbonyl (C=O) groups excluding carboxylic acids is 1. The van der Waals surface area contributed by atoms with E-state index in [1.807, 2.05) is 30.3 Å². The molecule has 0 amide bonds. The summed E-state index contributed by atoms with van der Waals surface area (Å²) in [7, 11) is 0. The van der Waals surface area contributed by atoms with Crippen molar-refractivity contribution in [1.29, 1.82) is 0 Å². The van der Waals surface area contributed by atoms with E-state index in [1.54, 1.807) is 0 Å². The molecule has 5 nitrogen and oxygen atoms in total. The molecule has 4 rings (SSSR count). The summed E-state index contributed by atoms with van der Waals surface area (Å²) >= 11 is 0. The van der Waals surface area contributed by atoms with Gasteiger partial charge in [-0.2, -0.15) is 0 Å². The summed E-state index contributed by atoms with van der Waals surface area (Å²) in [6, 6.07) is 9.28. The second-order valence-electron chi connectivity index (χ2n) is 8.07. The van der Waals surface area contributed by atoms with Crippen LogP contribution in [0.4, 0.5) is 4.39 Å². The van der Waals surface area contributed by atoms with E-state index in [2.05, 4.69) is 0 Å². The van der Waals surface area contributed by atoms with Gasteiger partial charge in [0.1, 0.15) is 24.6 Å². The standard InChI is InChI=1S/C22H29FO5/c23-15(14-26-16-6-2-1-3-7-16)9-10-17-18-12-21(24)27-20(18)13-19(17)28-22-8-4-5-11-25-22/h1-3,6-7,15,17-20,22H,4-5,8-14H2/t15-,17+,18+,19+,20-,22?/m0/s1. The number of halogens is 1. The summed E-state index contributed by atoms with van der Waals surface area (Å²) in [6.45, 7) is 0.769. The van der Waals surface area contributed by atoms with E-state index < -0.39 is 6.17 Å². The van der Waals surface area contributed by atoms with Crippen LogP contribution in [0.3, 0.4) is 0 Å². The van der Waals surface area contributed by atoms with E-state index in [0.717, 1.165) is 25.9 Å². The fourth-order valence-corrected chi connectivity index (χ4v) is 4.69. The van der Waals surface area contributed by atoms with Crippen LogP contribution < -0.4 is 4.74 Å². The van der Waals surface area contributed by atoms with Crippen molar-refractivity contribution in [2.24, 2.45) is 11.8 Å². The first-order chi connectivity index (χ1) is 13.7. The lowest BCUT2D eigenvalue weighted by Gasteiger charge is -2.30. The minimum atomic E-state index is -1.05. The molecule has 3 aliphatic rings. The quantitative estimate of drug-likeness (QED) is 0.625. The van der Waals surface area contributed by atoms with Gasteiger partial charge in [-0.3, -0.25) is 4.79 Å². The summed E-state index contributed by atoms with van der Waals surface area (Å²) in [5.41, 5.74) is 0. The fourth-order valence-electron chi connectivity index (χ4n) is 4.69. The third kappa shape index (κ3) is 4.84. The molecular formula is C22H29FO5. The van der Waals surface area contributed by atoms with E-state index in [9.17, 15) is 9.18 Å². The molecule has 2 heterocycles. The maximum atomic E-state index is 14.5. The van der Waals surface area contributed by atoms with E-state index >= 15 is 0 Å². The Morgan fingerprint density at radius 3 is 2.86 bits per heavy atom. The minimum Gasteiger partial charge on any atom is -0.491 e. The number of esters is 1. The lowest BCUT2D eigenvalue weighted by molar-refractivity contribution is -0.197. The number of para-hydroxylation sites is 1. The predicted octanol–water partition coefficient (Wildman–Crippen LogP) is 4.05. The summed E-state index contributed by atoms with van der Waals surface area (Å²) < 4.78 is 37.4. The van der Waals surface area contributed by atoms with Crippen molar-refractivity contribution in [3.8, 4) is 5.75 Å². The molecule has 0 aromatic heterocycles. The molecule has 0 radical (unpaired) electrons. The molecule has 1 saturated carbocycles. The van der Waals surface area contributed by atoms with Gasteiger partial charge in [0.2, 0.25) is 0 Å². The van der Waals surface area contributed by atoms with Crippen LogP contribution in [0, 0.1) is 11.8 Å². The first-order valence-electron chi connectivity index (χ1n) is 10.5.